The average Bonchev–Trinajstić information content (AvgIpc) is 2.79. The van der Waals surface area contributed by atoms with Gasteiger partial charge in [0.05, 0.1) is 0 Å². The first-order valence-corrected chi connectivity index (χ1v) is 5.73. The highest BCUT2D eigenvalue weighted by molar-refractivity contribution is 6.29. The molecule has 0 aromatic rings. The van der Waals surface area contributed by atoms with Gasteiger partial charge in [0.1, 0.15) is 0 Å². The Morgan fingerprint density at radius 3 is 2.47 bits per heavy atom. The summed E-state index contributed by atoms with van der Waals surface area (Å²) in [6, 6.07) is 0. The van der Waals surface area contributed by atoms with Crippen molar-refractivity contribution in [1.29, 1.82) is 0 Å². The summed E-state index contributed by atoms with van der Waals surface area (Å²) in [5, 5.41) is 4.41. The fraction of sp³-hybridized carbons (Fsp3) is 0.818. The first kappa shape index (κ1) is 10.8. The van der Waals surface area contributed by atoms with Crippen molar-refractivity contribution in [3.05, 3.63) is 0 Å². The summed E-state index contributed by atoms with van der Waals surface area (Å²) in [7, 11) is 0. The molecule has 2 rings (SSSR count). The van der Waals surface area contributed by atoms with Gasteiger partial charge in [-0.3, -0.25) is 14.5 Å². The molecule has 0 bridgehead atoms. The van der Waals surface area contributed by atoms with E-state index >= 15 is 0 Å². The number of carbonyl (C=O) groups excluding carboxylic acids is 2. The third-order valence-corrected chi connectivity index (χ3v) is 3.44. The number of piperidine rings is 1. The van der Waals surface area contributed by atoms with E-state index in [0.29, 0.717) is 6.29 Å². The third kappa shape index (κ3) is 1.84. The van der Waals surface area contributed by atoms with Gasteiger partial charge in [-0.1, -0.05) is 6.42 Å². The number of aldehydes is 1. The van der Waals surface area contributed by atoms with Gasteiger partial charge in [0.25, 0.3) is 0 Å². The van der Waals surface area contributed by atoms with Crippen LogP contribution in [0.25, 0.3) is 0 Å². The number of hydrogen-bond acceptors (Lipinski definition) is 3. The molecule has 0 saturated carbocycles. The van der Waals surface area contributed by atoms with Crippen molar-refractivity contribution in [2.75, 3.05) is 19.6 Å². The van der Waals surface area contributed by atoms with Gasteiger partial charge >= 0.3 is 0 Å². The molecule has 4 heteroatoms. The van der Waals surface area contributed by atoms with Gasteiger partial charge < -0.3 is 0 Å². The molecule has 1 atom stereocenters. The molecule has 0 aromatic carbocycles. The predicted octanol–water partition coefficient (Wildman–Crippen LogP) is 0.335. The van der Waals surface area contributed by atoms with Crippen LogP contribution in [0.1, 0.15) is 32.1 Å². The van der Waals surface area contributed by atoms with E-state index < -0.39 is 5.66 Å². The maximum absolute atomic E-state index is 11.7. The SMILES string of the molecule is O=CC(=O)C1(N2CCCCC2)CCC[N]1. The Bertz CT molecular complexity index is 253. The number of nitrogens with zero attached hydrogens (tertiary/aromatic N) is 2. The van der Waals surface area contributed by atoms with E-state index in [1.165, 1.54) is 6.42 Å². The summed E-state index contributed by atoms with van der Waals surface area (Å²) >= 11 is 0. The normalized spacial score (nSPS) is 32.8. The monoisotopic (exact) mass is 209 g/mol. The van der Waals surface area contributed by atoms with E-state index in [9.17, 15) is 9.59 Å². The smallest absolute Gasteiger partial charge is 0.231 e. The van der Waals surface area contributed by atoms with Crippen LogP contribution in [0, 0.1) is 0 Å². The van der Waals surface area contributed by atoms with Crippen LogP contribution in [0.5, 0.6) is 0 Å². The van der Waals surface area contributed by atoms with E-state index in [2.05, 4.69) is 10.2 Å². The Hall–Kier alpha value is -0.740. The van der Waals surface area contributed by atoms with Crippen molar-refractivity contribution in [3.63, 3.8) is 0 Å². The fourth-order valence-corrected chi connectivity index (χ4v) is 2.64. The topological polar surface area (TPSA) is 51.5 Å². The van der Waals surface area contributed by atoms with Crippen LogP contribution in [0.3, 0.4) is 0 Å². The Kier molecular flexibility index (Phi) is 3.17. The summed E-state index contributed by atoms with van der Waals surface area (Å²) in [5.74, 6) is -0.345. The van der Waals surface area contributed by atoms with Crippen LogP contribution in [-0.2, 0) is 9.59 Å². The van der Waals surface area contributed by atoms with Crippen molar-refractivity contribution in [1.82, 2.24) is 10.2 Å². The van der Waals surface area contributed by atoms with E-state index in [0.717, 1.165) is 45.3 Å². The van der Waals surface area contributed by atoms with Gasteiger partial charge in [-0.05, 0) is 25.7 Å². The Labute approximate surface area is 90.0 Å². The lowest BCUT2D eigenvalue weighted by Crippen LogP contribution is -2.59. The first-order chi connectivity index (χ1) is 7.29. The zero-order valence-electron chi connectivity index (χ0n) is 8.95. The van der Waals surface area contributed by atoms with Crippen molar-refractivity contribution in [2.45, 2.75) is 37.8 Å². The molecule has 0 spiro atoms. The maximum Gasteiger partial charge on any atom is 0.231 e. The molecule has 2 aliphatic rings. The van der Waals surface area contributed by atoms with Crippen LogP contribution in [0.2, 0.25) is 0 Å². The highest BCUT2D eigenvalue weighted by Gasteiger charge is 2.46. The molecule has 2 saturated heterocycles. The summed E-state index contributed by atoms with van der Waals surface area (Å²) in [4.78, 5) is 24.5. The minimum atomic E-state index is -0.776. The molecular weight excluding hydrogens is 192 g/mol. The molecule has 0 aromatic heterocycles. The Morgan fingerprint density at radius 1 is 1.20 bits per heavy atom. The molecule has 2 aliphatic heterocycles. The molecule has 83 valence electrons. The second-order valence-electron chi connectivity index (χ2n) is 4.33. The Balaban J connectivity index is 2.16. The third-order valence-electron chi connectivity index (χ3n) is 3.44. The molecule has 1 unspecified atom stereocenters. The molecule has 0 aliphatic carbocycles. The average molecular weight is 209 g/mol. The number of hydrogen-bond donors (Lipinski definition) is 0. The molecule has 2 heterocycles. The summed E-state index contributed by atoms with van der Waals surface area (Å²) in [6.45, 7) is 2.53. The molecule has 2 fully saturated rings. The van der Waals surface area contributed by atoms with Gasteiger partial charge in [-0.25, -0.2) is 5.32 Å². The van der Waals surface area contributed by atoms with Crippen LogP contribution in [0.4, 0.5) is 0 Å². The zero-order valence-corrected chi connectivity index (χ0v) is 8.95. The summed E-state index contributed by atoms with van der Waals surface area (Å²) < 4.78 is 0. The lowest BCUT2D eigenvalue weighted by Gasteiger charge is -2.40. The van der Waals surface area contributed by atoms with Crippen molar-refractivity contribution in [3.8, 4) is 0 Å². The van der Waals surface area contributed by atoms with Crippen LogP contribution >= 0.6 is 0 Å². The standard InChI is InChI=1S/C11H17N2O2/c14-9-10(15)11(5-4-6-12-11)13-7-2-1-3-8-13/h9H,1-8H2. The number of ketones is 1. The highest BCUT2D eigenvalue weighted by atomic mass is 16.2. The second kappa shape index (κ2) is 4.41. The van der Waals surface area contributed by atoms with Crippen LogP contribution in [-0.4, -0.2) is 42.3 Å². The zero-order chi connectivity index (χ0) is 10.7. The molecule has 15 heavy (non-hydrogen) atoms. The molecule has 0 N–H and O–H groups in total. The molecular formula is C11H17N2O2. The van der Waals surface area contributed by atoms with E-state index in [1.54, 1.807) is 0 Å². The molecule has 4 nitrogen and oxygen atoms in total. The number of rotatable bonds is 3. The van der Waals surface area contributed by atoms with Crippen molar-refractivity contribution < 1.29 is 9.59 Å². The molecule has 1 radical (unpaired) electrons. The van der Waals surface area contributed by atoms with Gasteiger partial charge in [0.15, 0.2) is 11.9 Å². The van der Waals surface area contributed by atoms with E-state index in [1.807, 2.05) is 0 Å². The lowest BCUT2D eigenvalue weighted by atomic mass is 9.97. The van der Waals surface area contributed by atoms with Crippen LogP contribution in [0.15, 0.2) is 0 Å². The second-order valence-corrected chi connectivity index (χ2v) is 4.33. The van der Waals surface area contributed by atoms with E-state index in [4.69, 9.17) is 0 Å². The Morgan fingerprint density at radius 2 is 1.93 bits per heavy atom. The largest absolute Gasteiger partial charge is 0.294 e. The number of carbonyl (C=O) groups is 2. The van der Waals surface area contributed by atoms with Crippen molar-refractivity contribution in [2.24, 2.45) is 0 Å². The number of likely N-dealkylation sites (tertiary alicyclic amines) is 1. The lowest BCUT2D eigenvalue weighted by molar-refractivity contribution is -0.140. The summed E-state index contributed by atoms with van der Waals surface area (Å²) in [6.07, 6.45) is 5.55. The molecule has 0 amide bonds. The van der Waals surface area contributed by atoms with Gasteiger partial charge in [0.2, 0.25) is 5.78 Å². The number of Topliss-reactive ketones (excluding diaryl/α,β-unsaturated/α-hetero) is 1. The predicted molar refractivity (Wildman–Crippen MR) is 55.5 cm³/mol. The van der Waals surface area contributed by atoms with Crippen LogP contribution < -0.4 is 5.32 Å². The van der Waals surface area contributed by atoms with Gasteiger partial charge in [-0.15, -0.1) is 0 Å². The minimum absolute atomic E-state index is 0.345. The van der Waals surface area contributed by atoms with Gasteiger partial charge in [-0.2, -0.15) is 0 Å². The maximum atomic E-state index is 11.7. The highest BCUT2D eigenvalue weighted by Crippen LogP contribution is 2.29. The van der Waals surface area contributed by atoms with E-state index in [-0.39, 0.29) is 5.78 Å². The summed E-state index contributed by atoms with van der Waals surface area (Å²) in [5.41, 5.74) is -0.776. The van der Waals surface area contributed by atoms with Crippen molar-refractivity contribution >= 4 is 12.1 Å². The van der Waals surface area contributed by atoms with Gasteiger partial charge in [0, 0.05) is 19.6 Å². The minimum Gasteiger partial charge on any atom is -0.294 e. The first-order valence-electron chi connectivity index (χ1n) is 5.73. The fourth-order valence-electron chi connectivity index (χ4n) is 2.64. The quantitative estimate of drug-likeness (QED) is 0.497.